The van der Waals surface area contributed by atoms with Crippen molar-refractivity contribution in [2.45, 2.75) is 58.5 Å². The normalized spacial score (nSPS) is 15.9. The van der Waals surface area contributed by atoms with Crippen molar-refractivity contribution in [3.05, 3.63) is 87.6 Å². The Balaban J connectivity index is 1.52. The van der Waals surface area contributed by atoms with Gasteiger partial charge in [-0.25, -0.2) is 0 Å². The van der Waals surface area contributed by atoms with Crippen LogP contribution in [0.3, 0.4) is 0 Å². The van der Waals surface area contributed by atoms with Gasteiger partial charge in [-0.3, -0.25) is 9.59 Å². The highest BCUT2D eigenvalue weighted by Crippen LogP contribution is 2.34. The number of fused-ring (bicyclic) bond motifs is 1. The molecule has 0 aliphatic carbocycles. The number of benzene rings is 2. The highest BCUT2D eigenvalue weighted by atomic mass is 32.1. The first-order valence-electron chi connectivity index (χ1n) is 12.8. The molecular weight excluding hydrogens is 468 g/mol. The summed E-state index contributed by atoms with van der Waals surface area (Å²) in [6.45, 7) is 9.45. The van der Waals surface area contributed by atoms with E-state index in [1.54, 1.807) is 16.2 Å². The highest BCUT2D eigenvalue weighted by Gasteiger charge is 2.34. The largest absolute Gasteiger partial charge is 0.491 e. The maximum atomic E-state index is 13.7. The van der Waals surface area contributed by atoms with E-state index in [1.165, 1.54) is 10.4 Å². The van der Waals surface area contributed by atoms with Crippen LogP contribution < -0.4 is 4.74 Å². The van der Waals surface area contributed by atoms with Gasteiger partial charge in [0, 0.05) is 23.0 Å². The number of ether oxygens (including phenoxy) is 1. The lowest BCUT2D eigenvalue weighted by atomic mass is 10.00. The number of thiophene rings is 1. The van der Waals surface area contributed by atoms with Gasteiger partial charge in [-0.1, -0.05) is 51.1 Å². The Morgan fingerprint density at radius 1 is 1.06 bits per heavy atom. The van der Waals surface area contributed by atoms with Crippen molar-refractivity contribution in [3.8, 4) is 5.75 Å². The molecule has 0 saturated heterocycles. The fraction of sp³-hybridized carbons (Fsp3) is 0.400. The predicted molar refractivity (Wildman–Crippen MR) is 146 cm³/mol. The van der Waals surface area contributed by atoms with Gasteiger partial charge >= 0.3 is 0 Å². The van der Waals surface area contributed by atoms with E-state index >= 15 is 0 Å². The Morgan fingerprint density at radius 2 is 1.78 bits per heavy atom. The van der Waals surface area contributed by atoms with Crippen molar-refractivity contribution in [2.75, 3.05) is 19.7 Å². The van der Waals surface area contributed by atoms with E-state index < -0.39 is 0 Å². The molecule has 2 heterocycles. The molecule has 0 bridgehead atoms. The van der Waals surface area contributed by atoms with Crippen molar-refractivity contribution in [3.63, 3.8) is 0 Å². The Labute approximate surface area is 218 Å². The van der Waals surface area contributed by atoms with Crippen LogP contribution in [0.5, 0.6) is 5.75 Å². The minimum absolute atomic E-state index is 0.0415. The number of hydrogen-bond acceptors (Lipinski definition) is 4. The first-order valence-corrected chi connectivity index (χ1v) is 13.7. The van der Waals surface area contributed by atoms with E-state index in [9.17, 15) is 9.59 Å². The molecule has 2 aromatic carbocycles. The summed E-state index contributed by atoms with van der Waals surface area (Å²) in [5.74, 6) is 1.12. The summed E-state index contributed by atoms with van der Waals surface area (Å²) in [7, 11) is 0. The number of hydrogen-bond donors (Lipinski definition) is 0. The zero-order valence-corrected chi connectivity index (χ0v) is 22.5. The lowest BCUT2D eigenvalue weighted by Crippen LogP contribution is -2.49. The summed E-state index contributed by atoms with van der Waals surface area (Å²) in [6, 6.07) is 19.3. The fourth-order valence-corrected chi connectivity index (χ4v) is 5.56. The van der Waals surface area contributed by atoms with Gasteiger partial charge in [0.2, 0.25) is 5.91 Å². The quantitative estimate of drug-likeness (QED) is 0.343. The Kier molecular flexibility index (Phi) is 8.47. The van der Waals surface area contributed by atoms with Gasteiger partial charge in [-0.05, 0) is 72.5 Å². The average molecular weight is 505 g/mol. The molecule has 2 atom stereocenters. The molecule has 3 aromatic rings. The molecule has 0 radical (unpaired) electrons. The van der Waals surface area contributed by atoms with Gasteiger partial charge in [0.1, 0.15) is 18.9 Å². The minimum Gasteiger partial charge on any atom is -0.491 e. The fourth-order valence-electron chi connectivity index (χ4n) is 4.63. The SMILES string of the molecule is CC[C@@H](C)N(CC(=O)N1CCc2sccc2[C@@H]1COc1ccc(C(C)C)cc1)C(=O)c1ccccc1. The number of amides is 2. The van der Waals surface area contributed by atoms with Crippen LogP contribution >= 0.6 is 11.3 Å². The van der Waals surface area contributed by atoms with Crippen LogP contribution in [0.25, 0.3) is 0 Å². The monoisotopic (exact) mass is 504 g/mol. The second-order valence-electron chi connectivity index (χ2n) is 9.74. The summed E-state index contributed by atoms with van der Waals surface area (Å²) < 4.78 is 6.21. The molecule has 0 fully saturated rings. The minimum atomic E-state index is -0.178. The topological polar surface area (TPSA) is 49.9 Å². The summed E-state index contributed by atoms with van der Waals surface area (Å²) in [4.78, 5) is 32.0. The molecule has 36 heavy (non-hydrogen) atoms. The van der Waals surface area contributed by atoms with Gasteiger partial charge in [0.25, 0.3) is 5.91 Å². The van der Waals surface area contributed by atoms with Gasteiger partial charge in [-0.2, -0.15) is 0 Å². The summed E-state index contributed by atoms with van der Waals surface area (Å²) >= 11 is 1.74. The van der Waals surface area contributed by atoms with Crippen molar-refractivity contribution in [1.29, 1.82) is 0 Å². The molecule has 1 aliphatic rings. The second kappa shape index (κ2) is 11.7. The smallest absolute Gasteiger partial charge is 0.254 e. The van der Waals surface area contributed by atoms with Crippen LogP contribution in [0.4, 0.5) is 0 Å². The average Bonchev–Trinajstić information content (AvgIpc) is 3.39. The van der Waals surface area contributed by atoms with Crippen LogP contribution in [0.15, 0.2) is 66.0 Å². The first kappa shape index (κ1) is 26.0. The molecule has 0 N–H and O–H groups in total. The molecule has 0 unspecified atom stereocenters. The van der Waals surface area contributed by atoms with Crippen LogP contribution in [-0.2, 0) is 11.2 Å². The van der Waals surface area contributed by atoms with Crippen LogP contribution in [0.1, 0.15) is 72.4 Å². The summed E-state index contributed by atoms with van der Waals surface area (Å²) in [6.07, 6.45) is 1.60. The van der Waals surface area contributed by atoms with E-state index in [1.807, 2.05) is 61.2 Å². The third kappa shape index (κ3) is 5.81. The maximum Gasteiger partial charge on any atom is 0.254 e. The number of rotatable bonds is 9. The van der Waals surface area contributed by atoms with E-state index in [0.717, 1.165) is 24.2 Å². The van der Waals surface area contributed by atoms with Crippen molar-refractivity contribution < 1.29 is 14.3 Å². The standard InChI is InChI=1S/C30H36N2O3S/c1-5-22(4)32(30(34)24-9-7-6-8-10-24)19-29(33)31-17-15-28-26(16-18-36-28)27(31)20-35-25-13-11-23(12-14-25)21(2)3/h6-14,16,18,21-22,27H,5,15,17,19-20H2,1-4H3/t22-,27+/m1/s1. The number of carbonyl (C=O) groups is 2. The maximum absolute atomic E-state index is 13.7. The van der Waals surface area contributed by atoms with Crippen LogP contribution in [0.2, 0.25) is 0 Å². The van der Waals surface area contributed by atoms with Crippen molar-refractivity contribution >= 4 is 23.2 Å². The lowest BCUT2D eigenvalue weighted by molar-refractivity contribution is -0.136. The Bertz CT molecular complexity index is 1160. The van der Waals surface area contributed by atoms with Crippen LogP contribution in [-0.4, -0.2) is 47.4 Å². The van der Waals surface area contributed by atoms with Crippen molar-refractivity contribution in [2.24, 2.45) is 0 Å². The van der Waals surface area contributed by atoms with Gasteiger partial charge < -0.3 is 14.5 Å². The molecule has 0 saturated carbocycles. The molecule has 4 rings (SSSR count). The first-order chi connectivity index (χ1) is 17.4. The predicted octanol–water partition coefficient (Wildman–Crippen LogP) is 6.32. The Morgan fingerprint density at radius 3 is 2.44 bits per heavy atom. The molecule has 2 amide bonds. The lowest BCUT2D eigenvalue weighted by Gasteiger charge is -2.38. The van der Waals surface area contributed by atoms with E-state index in [4.69, 9.17) is 4.74 Å². The van der Waals surface area contributed by atoms with Gasteiger partial charge in [0.15, 0.2) is 0 Å². The summed E-state index contributed by atoms with van der Waals surface area (Å²) in [5, 5.41) is 2.09. The highest BCUT2D eigenvalue weighted by molar-refractivity contribution is 7.10. The third-order valence-electron chi connectivity index (χ3n) is 7.08. The molecule has 6 heteroatoms. The summed E-state index contributed by atoms with van der Waals surface area (Å²) in [5.41, 5.74) is 3.03. The van der Waals surface area contributed by atoms with E-state index in [-0.39, 0.29) is 30.4 Å². The number of carbonyl (C=O) groups excluding carboxylic acids is 2. The third-order valence-corrected chi connectivity index (χ3v) is 8.08. The van der Waals surface area contributed by atoms with E-state index in [0.29, 0.717) is 24.6 Å². The second-order valence-corrected chi connectivity index (χ2v) is 10.7. The van der Waals surface area contributed by atoms with Crippen LogP contribution in [0, 0.1) is 0 Å². The van der Waals surface area contributed by atoms with Crippen molar-refractivity contribution in [1.82, 2.24) is 9.80 Å². The zero-order valence-electron chi connectivity index (χ0n) is 21.6. The Hall–Kier alpha value is -3.12. The van der Waals surface area contributed by atoms with E-state index in [2.05, 4.69) is 37.4 Å². The molecule has 1 aliphatic heterocycles. The zero-order chi connectivity index (χ0) is 25.7. The molecule has 190 valence electrons. The van der Waals surface area contributed by atoms with Gasteiger partial charge in [0.05, 0.1) is 6.04 Å². The number of nitrogens with zero attached hydrogens (tertiary/aromatic N) is 2. The molecule has 1 aromatic heterocycles. The molecule has 5 nitrogen and oxygen atoms in total. The molecular formula is C30H36N2O3S. The molecule has 0 spiro atoms. The van der Waals surface area contributed by atoms with Gasteiger partial charge in [-0.15, -0.1) is 11.3 Å².